The fraction of sp³-hybridized carbons (Fsp3) is 0.130. The highest BCUT2D eigenvalue weighted by atomic mass is 16.7. The molecule has 0 spiro atoms. The molecule has 1 amide bonds. The third kappa shape index (κ3) is 3.28. The normalized spacial score (nSPS) is 12.1. The number of anilines is 1. The van der Waals surface area contributed by atoms with Crippen LogP contribution in [0.4, 0.5) is 10.5 Å². The number of carbonyl (C=O) groups excluding carboxylic acids is 1. The number of amides is 1. The maximum atomic E-state index is 13.1. The Balaban J connectivity index is 1.54. The van der Waals surface area contributed by atoms with Crippen LogP contribution in [0.15, 0.2) is 60.9 Å². The van der Waals surface area contributed by atoms with E-state index in [0.717, 1.165) is 16.5 Å². The molecule has 1 aliphatic heterocycles. The van der Waals surface area contributed by atoms with Crippen molar-refractivity contribution in [3.8, 4) is 34.1 Å². The topological polar surface area (TPSA) is 83.8 Å². The molecule has 3 heterocycles. The van der Waals surface area contributed by atoms with Crippen LogP contribution in [0, 0.1) is 0 Å². The molecule has 1 aliphatic rings. The van der Waals surface area contributed by atoms with Crippen LogP contribution in [-0.2, 0) is 0 Å². The van der Waals surface area contributed by atoms with Gasteiger partial charge in [0.25, 0.3) is 0 Å². The van der Waals surface area contributed by atoms with Gasteiger partial charge in [-0.2, -0.15) is 0 Å². The fourth-order valence-electron chi connectivity index (χ4n) is 3.61. The van der Waals surface area contributed by atoms with E-state index in [1.165, 1.54) is 4.57 Å². The van der Waals surface area contributed by atoms with E-state index >= 15 is 0 Å². The van der Waals surface area contributed by atoms with E-state index in [1.807, 2.05) is 30.3 Å². The molecule has 0 bridgehead atoms. The summed E-state index contributed by atoms with van der Waals surface area (Å²) in [4.78, 5) is 17.5. The molecule has 8 heteroatoms. The van der Waals surface area contributed by atoms with Gasteiger partial charge in [0.05, 0.1) is 14.2 Å². The monoisotopic (exact) mass is 417 g/mol. The van der Waals surface area contributed by atoms with E-state index < -0.39 is 0 Å². The van der Waals surface area contributed by atoms with Gasteiger partial charge in [0, 0.05) is 35.1 Å². The van der Waals surface area contributed by atoms with Gasteiger partial charge in [0.2, 0.25) is 6.79 Å². The van der Waals surface area contributed by atoms with Crippen molar-refractivity contribution in [1.82, 2.24) is 9.55 Å². The van der Waals surface area contributed by atoms with Crippen LogP contribution in [0.5, 0.6) is 23.0 Å². The summed E-state index contributed by atoms with van der Waals surface area (Å²) in [5.74, 6) is 2.49. The van der Waals surface area contributed by atoms with Crippen molar-refractivity contribution >= 4 is 22.8 Å². The molecule has 31 heavy (non-hydrogen) atoms. The molecule has 0 aliphatic carbocycles. The van der Waals surface area contributed by atoms with Gasteiger partial charge in [-0.15, -0.1) is 0 Å². The van der Waals surface area contributed by atoms with E-state index in [2.05, 4.69) is 10.3 Å². The van der Waals surface area contributed by atoms with Gasteiger partial charge in [-0.3, -0.25) is 4.57 Å². The van der Waals surface area contributed by atoms with E-state index in [-0.39, 0.29) is 12.8 Å². The van der Waals surface area contributed by atoms with E-state index in [1.54, 1.807) is 44.8 Å². The molecule has 0 unspecified atom stereocenters. The minimum absolute atomic E-state index is 0.174. The van der Waals surface area contributed by atoms with Crippen molar-refractivity contribution in [2.75, 3.05) is 26.3 Å². The lowest BCUT2D eigenvalue weighted by atomic mass is 10.1. The Kier molecular flexibility index (Phi) is 4.59. The Morgan fingerprint density at radius 1 is 1.03 bits per heavy atom. The Morgan fingerprint density at radius 2 is 1.87 bits per heavy atom. The predicted molar refractivity (Wildman–Crippen MR) is 115 cm³/mol. The van der Waals surface area contributed by atoms with Gasteiger partial charge in [-0.25, -0.2) is 9.78 Å². The standard InChI is InChI=1S/C23H19N3O5/c1-28-18-7-5-14(10-20(18)29-2)17-12-26(22-16(17)4-3-9-24-22)23(27)25-15-6-8-19-21(11-15)31-13-30-19/h3-12H,13H2,1-2H3,(H,25,27). The highest BCUT2D eigenvalue weighted by Gasteiger charge is 2.19. The number of rotatable bonds is 4. The van der Waals surface area contributed by atoms with E-state index in [9.17, 15) is 4.79 Å². The summed E-state index contributed by atoms with van der Waals surface area (Å²) in [5.41, 5.74) is 2.88. The van der Waals surface area contributed by atoms with Crippen LogP contribution in [0.25, 0.3) is 22.2 Å². The van der Waals surface area contributed by atoms with Crippen LogP contribution in [0.2, 0.25) is 0 Å². The molecule has 5 rings (SSSR count). The molecule has 0 atom stereocenters. The maximum absolute atomic E-state index is 13.1. The molecule has 0 saturated carbocycles. The summed E-state index contributed by atoms with van der Waals surface area (Å²) >= 11 is 0. The summed E-state index contributed by atoms with van der Waals surface area (Å²) < 4.78 is 23.0. The Hall–Kier alpha value is -4.20. The van der Waals surface area contributed by atoms with Gasteiger partial charge in [0.1, 0.15) is 5.65 Å². The number of aromatic nitrogens is 2. The second kappa shape index (κ2) is 7.56. The number of nitrogens with zero attached hydrogens (tertiary/aromatic N) is 2. The van der Waals surface area contributed by atoms with Crippen molar-refractivity contribution in [2.45, 2.75) is 0 Å². The van der Waals surface area contributed by atoms with E-state index in [4.69, 9.17) is 18.9 Å². The Bertz CT molecular complexity index is 1300. The van der Waals surface area contributed by atoms with Crippen molar-refractivity contribution in [3.63, 3.8) is 0 Å². The minimum atomic E-state index is -0.339. The first-order valence-corrected chi connectivity index (χ1v) is 9.57. The zero-order valence-electron chi connectivity index (χ0n) is 16.9. The number of nitrogens with one attached hydrogen (secondary N) is 1. The first-order chi connectivity index (χ1) is 15.2. The second-order valence-corrected chi connectivity index (χ2v) is 6.86. The zero-order valence-corrected chi connectivity index (χ0v) is 16.9. The molecule has 8 nitrogen and oxygen atoms in total. The third-order valence-corrected chi connectivity index (χ3v) is 5.10. The van der Waals surface area contributed by atoms with Gasteiger partial charge < -0.3 is 24.3 Å². The molecular weight excluding hydrogens is 398 g/mol. The predicted octanol–water partition coefficient (Wildman–Crippen LogP) is 4.53. The molecule has 1 N–H and O–H groups in total. The highest BCUT2D eigenvalue weighted by Crippen LogP contribution is 2.37. The van der Waals surface area contributed by atoms with Gasteiger partial charge in [0.15, 0.2) is 23.0 Å². The first-order valence-electron chi connectivity index (χ1n) is 9.57. The summed E-state index contributed by atoms with van der Waals surface area (Å²) in [6.07, 6.45) is 3.42. The second-order valence-electron chi connectivity index (χ2n) is 6.86. The molecule has 2 aromatic heterocycles. The molecule has 0 radical (unpaired) electrons. The van der Waals surface area contributed by atoms with E-state index in [0.29, 0.717) is 34.3 Å². The molecule has 4 aromatic rings. The summed E-state index contributed by atoms with van der Waals surface area (Å²) in [5, 5.41) is 3.73. The van der Waals surface area contributed by atoms with Crippen molar-refractivity contribution in [3.05, 3.63) is 60.9 Å². The van der Waals surface area contributed by atoms with Crippen molar-refractivity contribution < 1.29 is 23.7 Å². The summed E-state index contributed by atoms with van der Waals surface area (Å²) in [6.45, 7) is 0.174. The SMILES string of the molecule is COc1ccc(-c2cn(C(=O)Nc3ccc4c(c3)OCO4)c3ncccc23)cc1OC. The molecule has 2 aromatic carbocycles. The quantitative estimate of drug-likeness (QED) is 0.525. The number of benzene rings is 2. The smallest absolute Gasteiger partial charge is 0.331 e. The van der Waals surface area contributed by atoms with Crippen LogP contribution in [0.1, 0.15) is 0 Å². The number of methoxy groups -OCH3 is 2. The fourth-order valence-corrected chi connectivity index (χ4v) is 3.61. The number of carbonyl (C=O) groups is 1. The van der Waals surface area contributed by atoms with Crippen molar-refractivity contribution in [1.29, 1.82) is 0 Å². The lowest BCUT2D eigenvalue weighted by molar-refractivity contribution is 0.174. The number of ether oxygens (including phenoxy) is 4. The van der Waals surface area contributed by atoms with Crippen LogP contribution in [0.3, 0.4) is 0 Å². The average Bonchev–Trinajstić information content (AvgIpc) is 3.43. The first kappa shape index (κ1) is 18.8. The molecule has 0 fully saturated rings. The molecule has 156 valence electrons. The molecule has 0 saturated heterocycles. The highest BCUT2D eigenvalue weighted by molar-refractivity contribution is 6.03. The Morgan fingerprint density at radius 3 is 2.71 bits per heavy atom. The summed E-state index contributed by atoms with van der Waals surface area (Å²) in [6, 6.07) is 14.3. The largest absolute Gasteiger partial charge is 0.493 e. The number of pyridine rings is 1. The van der Waals surface area contributed by atoms with Crippen LogP contribution in [-0.4, -0.2) is 36.6 Å². The van der Waals surface area contributed by atoms with Crippen LogP contribution >= 0.6 is 0 Å². The zero-order chi connectivity index (χ0) is 21.4. The lowest BCUT2D eigenvalue weighted by Crippen LogP contribution is -2.18. The summed E-state index contributed by atoms with van der Waals surface area (Å²) in [7, 11) is 3.18. The van der Waals surface area contributed by atoms with Gasteiger partial charge in [-0.05, 0) is 42.0 Å². The van der Waals surface area contributed by atoms with Gasteiger partial charge >= 0.3 is 6.03 Å². The third-order valence-electron chi connectivity index (χ3n) is 5.10. The number of hydrogen-bond donors (Lipinski definition) is 1. The minimum Gasteiger partial charge on any atom is -0.493 e. The number of fused-ring (bicyclic) bond motifs is 2. The van der Waals surface area contributed by atoms with Crippen molar-refractivity contribution in [2.24, 2.45) is 0 Å². The number of hydrogen-bond acceptors (Lipinski definition) is 6. The maximum Gasteiger partial charge on any atom is 0.331 e. The lowest BCUT2D eigenvalue weighted by Gasteiger charge is -2.09. The van der Waals surface area contributed by atoms with Gasteiger partial charge in [-0.1, -0.05) is 6.07 Å². The molecular formula is C23H19N3O5. The Labute approximate surface area is 177 Å². The van der Waals surface area contributed by atoms with Crippen LogP contribution < -0.4 is 24.3 Å². The average molecular weight is 417 g/mol.